The van der Waals surface area contributed by atoms with Gasteiger partial charge in [-0.05, 0) is 36.6 Å². The van der Waals surface area contributed by atoms with Gasteiger partial charge in [-0.1, -0.05) is 12.1 Å². The summed E-state index contributed by atoms with van der Waals surface area (Å²) in [6.45, 7) is 1.67. The van der Waals surface area contributed by atoms with Crippen molar-refractivity contribution in [1.29, 1.82) is 0 Å². The smallest absolute Gasteiger partial charge is 0.269 e. The number of nitro groups is 2. The van der Waals surface area contributed by atoms with E-state index in [9.17, 15) is 25.0 Å². The van der Waals surface area contributed by atoms with Crippen LogP contribution < -0.4 is 16.3 Å². The van der Waals surface area contributed by atoms with Crippen LogP contribution in [0.15, 0.2) is 53.6 Å². The predicted octanol–water partition coefficient (Wildman–Crippen LogP) is 1.95. The molecule has 0 aromatic heterocycles. The second-order valence-corrected chi connectivity index (χ2v) is 6.46. The van der Waals surface area contributed by atoms with Crippen molar-refractivity contribution in [3.8, 4) is 0 Å². The molecule has 3 rings (SSSR count). The molecule has 1 amide bonds. The summed E-state index contributed by atoms with van der Waals surface area (Å²) in [6.07, 6.45) is 0.388. The highest BCUT2D eigenvalue weighted by Crippen LogP contribution is 2.25. The number of hydrogen-bond acceptors (Lipinski definition) is 8. The summed E-state index contributed by atoms with van der Waals surface area (Å²) in [7, 11) is 0. The largest absolute Gasteiger partial charge is 0.271 e. The standard InChI is InChI=1S/C18H18N6O5/c1-11(12-5-7-14(8-6-12)23(26)27)19-22-18(25)17-10-16(20-21-17)13-3-2-4-15(9-13)24(28)29/h2-9,16-17,20-21H,10H2,1H3,(H,22,25)/b19-11-. The molecular formula is C18H18N6O5. The van der Waals surface area contributed by atoms with Crippen molar-refractivity contribution in [2.75, 3.05) is 0 Å². The fourth-order valence-electron chi connectivity index (χ4n) is 2.91. The van der Waals surface area contributed by atoms with Gasteiger partial charge in [0.1, 0.15) is 6.04 Å². The molecule has 0 spiro atoms. The van der Waals surface area contributed by atoms with Crippen molar-refractivity contribution in [1.82, 2.24) is 16.3 Å². The molecule has 2 aromatic rings. The highest BCUT2D eigenvalue weighted by molar-refractivity contribution is 5.99. The number of hydrazine groups is 1. The van der Waals surface area contributed by atoms with Crippen molar-refractivity contribution in [3.63, 3.8) is 0 Å². The topological polar surface area (TPSA) is 152 Å². The van der Waals surface area contributed by atoms with E-state index in [1.807, 2.05) is 0 Å². The number of carbonyl (C=O) groups excluding carboxylic acids is 1. The first kappa shape index (κ1) is 20.0. The molecule has 1 fully saturated rings. The molecule has 0 saturated carbocycles. The SMILES string of the molecule is C/C(=N/NC(=O)C1CC(c2cccc([N+](=O)[O-])c2)NN1)c1ccc([N+](=O)[O-])cc1. The monoisotopic (exact) mass is 398 g/mol. The van der Waals surface area contributed by atoms with E-state index >= 15 is 0 Å². The van der Waals surface area contributed by atoms with Crippen LogP contribution in [0.1, 0.15) is 30.5 Å². The van der Waals surface area contributed by atoms with Gasteiger partial charge < -0.3 is 0 Å². The molecule has 1 saturated heterocycles. The third-order valence-corrected chi connectivity index (χ3v) is 4.53. The minimum absolute atomic E-state index is 0.0134. The molecule has 11 nitrogen and oxygen atoms in total. The van der Waals surface area contributed by atoms with Gasteiger partial charge in [0.25, 0.3) is 17.3 Å². The minimum atomic E-state index is -0.576. The van der Waals surface area contributed by atoms with E-state index in [1.165, 1.54) is 24.3 Å². The third kappa shape index (κ3) is 4.78. The number of carbonyl (C=O) groups is 1. The zero-order valence-electron chi connectivity index (χ0n) is 15.4. The van der Waals surface area contributed by atoms with E-state index in [2.05, 4.69) is 21.4 Å². The van der Waals surface area contributed by atoms with Gasteiger partial charge in [0.05, 0.1) is 15.6 Å². The highest BCUT2D eigenvalue weighted by atomic mass is 16.6. The first-order valence-corrected chi connectivity index (χ1v) is 8.69. The summed E-state index contributed by atoms with van der Waals surface area (Å²) in [6, 6.07) is 11.2. The Labute approximate surface area is 165 Å². The van der Waals surface area contributed by atoms with E-state index < -0.39 is 15.9 Å². The van der Waals surface area contributed by atoms with Crippen LogP contribution in [0.5, 0.6) is 0 Å². The van der Waals surface area contributed by atoms with E-state index in [1.54, 1.807) is 31.2 Å². The molecule has 1 heterocycles. The molecule has 0 radical (unpaired) electrons. The zero-order chi connectivity index (χ0) is 21.0. The number of benzene rings is 2. The van der Waals surface area contributed by atoms with E-state index in [4.69, 9.17) is 0 Å². The lowest BCUT2D eigenvalue weighted by Crippen LogP contribution is -2.41. The maximum Gasteiger partial charge on any atom is 0.269 e. The summed E-state index contributed by atoms with van der Waals surface area (Å²) < 4.78 is 0. The lowest BCUT2D eigenvalue weighted by molar-refractivity contribution is -0.385. The average Bonchev–Trinajstić information content (AvgIpc) is 3.22. The number of hydrogen-bond donors (Lipinski definition) is 3. The average molecular weight is 398 g/mol. The van der Waals surface area contributed by atoms with Gasteiger partial charge in [0.15, 0.2) is 0 Å². The van der Waals surface area contributed by atoms with Crippen LogP contribution >= 0.6 is 0 Å². The summed E-state index contributed by atoms with van der Waals surface area (Å²) in [5.41, 5.74) is 10.1. The van der Waals surface area contributed by atoms with Gasteiger partial charge in [-0.2, -0.15) is 5.10 Å². The fourth-order valence-corrected chi connectivity index (χ4v) is 2.91. The van der Waals surface area contributed by atoms with Crippen molar-refractivity contribution >= 4 is 23.0 Å². The Balaban J connectivity index is 1.60. The number of hydrazone groups is 1. The number of non-ortho nitro benzene ring substituents is 2. The maximum absolute atomic E-state index is 12.4. The molecule has 29 heavy (non-hydrogen) atoms. The minimum Gasteiger partial charge on any atom is -0.271 e. The van der Waals surface area contributed by atoms with Crippen LogP contribution in [0, 0.1) is 20.2 Å². The van der Waals surface area contributed by atoms with Crippen LogP contribution in [-0.2, 0) is 4.79 Å². The van der Waals surface area contributed by atoms with E-state index in [0.717, 1.165) is 0 Å². The van der Waals surface area contributed by atoms with Crippen LogP contribution in [0.2, 0.25) is 0 Å². The van der Waals surface area contributed by atoms with Gasteiger partial charge in [-0.25, -0.2) is 16.3 Å². The van der Waals surface area contributed by atoms with Crippen LogP contribution in [-0.4, -0.2) is 27.5 Å². The van der Waals surface area contributed by atoms with Crippen LogP contribution in [0.3, 0.4) is 0 Å². The number of nitrogens with zero attached hydrogens (tertiary/aromatic N) is 3. The van der Waals surface area contributed by atoms with Crippen LogP contribution in [0.4, 0.5) is 11.4 Å². The van der Waals surface area contributed by atoms with Gasteiger partial charge in [-0.3, -0.25) is 25.0 Å². The van der Waals surface area contributed by atoms with Crippen LogP contribution in [0.25, 0.3) is 0 Å². The number of nitro benzene ring substituents is 2. The molecule has 2 unspecified atom stereocenters. The molecule has 2 atom stereocenters. The van der Waals surface area contributed by atoms with E-state index in [0.29, 0.717) is 23.3 Å². The van der Waals surface area contributed by atoms with E-state index in [-0.39, 0.29) is 23.3 Å². The Hall–Kier alpha value is -3.70. The van der Waals surface area contributed by atoms with Crippen molar-refractivity contribution in [2.45, 2.75) is 25.4 Å². The fraction of sp³-hybridized carbons (Fsp3) is 0.222. The molecular weight excluding hydrogens is 380 g/mol. The first-order valence-electron chi connectivity index (χ1n) is 8.69. The molecule has 2 aromatic carbocycles. The highest BCUT2D eigenvalue weighted by Gasteiger charge is 2.30. The molecule has 3 N–H and O–H groups in total. The number of rotatable bonds is 6. The second kappa shape index (κ2) is 8.54. The van der Waals surface area contributed by atoms with Crippen molar-refractivity contribution in [3.05, 3.63) is 79.9 Å². The third-order valence-electron chi connectivity index (χ3n) is 4.53. The van der Waals surface area contributed by atoms with Crippen molar-refractivity contribution < 1.29 is 14.6 Å². The van der Waals surface area contributed by atoms with Crippen molar-refractivity contribution in [2.24, 2.45) is 5.10 Å². The quantitative estimate of drug-likeness (QED) is 0.382. The summed E-state index contributed by atoms with van der Waals surface area (Å²) in [4.78, 5) is 33.0. The van der Waals surface area contributed by atoms with Gasteiger partial charge >= 0.3 is 0 Å². The Morgan fingerprint density at radius 3 is 2.41 bits per heavy atom. The summed E-state index contributed by atoms with van der Waals surface area (Å²) >= 11 is 0. The second-order valence-electron chi connectivity index (χ2n) is 6.46. The molecule has 0 bridgehead atoms. The number of amides is 1. The Kier molecular flexibility index (Phi) is 5.90. The lowest BCUT2D eigenvalue weighted by Gasteiger charge is -2.09. The lowest BCUT2D eigenvalue weighted by atomic mass is 10.0. The Morgan fingerprint density at radius 2 is 1.76 bits per heavy atom. The first-order chi connectivity index (χ1) is 13.8. The normalized spacial score (nSPS) is 19.0. The molecule has 1 aliphatic heterocycles. The van der Waals surface area contributed by atoms with Gasteiger partial charge in [0.2, 0.25) is 0 Å². The zero-order valence-corrected chi connectivity index (χ0v) is 15.4. The van der Waals surface area contributed by atoms with Gasteiger partial charge in [0, 0.05) is 30.3 Å². The molecule has 150 valence electrons. The van der Waals surface area contributed by atoms with Gasteiger partial charge in [-0.15, -0.1) is 0 Å². The maximum atomic E-state index is 12.4. The predicted molar refractivity (Wildman–Crippen MR) is 104 cm³/mol. The Bertz CT molecular complexity index is 975. The molecule has 0 aliphatic carbocycles. The Morgan fingerprint density at radius 1 is 1.07 bits per heavy atom. The summed E-state index contributed by atoms with van der Waals surface area (Å²) in [5.74, 6) is -0.369. The number of nitrogens with one attached hydrogen (secondary N) is 3. The summed E-state index contributed by atoms with van der Waals surface area (Å²) in [5, 5.41) is 25.7. The molecule has 1 aliphatic rings. The molecule has 11 heteroatoms.